The summed E-state index contributed by atoms with van der Waals surface area (Å²) in [7, 11) is 0. The van der Waals surface area contributed by atoms with Crippen molar-refractivity contribution in [1.82, 2.24) is 9.80 Å². The van der Waals surface area contributed by atoms with Crippen LogP contribution in [0.25, 0.3) is 11.1 Å². The van der Waals surface area contributed by atoms with Crippen molar-refractivity contribution in [2.24, 2.45) is 5.73 Å². The topological polar surface area (TPSA) is 82.1 Å². The maximum absolute atomic E-state index is 12.4. The molecular weight excluding hydrogens is 442 g/mol. The molecule has 2 aliphatic rings. The summed E-state index contributed by atoms with van der Waals surface area (Å²) in [4.78, 5) is 14.8. The standard InChI is InChI=1S/C24H28ClN5OS/c1-32-20-15-23(24(27)31)30(16-20,13-8-26)22-14-18(4-7-21(22)25)17-2-5-19(6-3-17)29-11-9-28-10-12-29/h2-7,14,20,23,28H,9-13,15-16H2,1H3,(H-,27,31)/p+1/t20-,23-,30?/m0/s1. The Kier molecular flexibility index (Phi) is 6.96. The van der Waals surface area contributed by atoms with Crippen LogP contribution in [0.3, 0.4) is 0 Å². The van der Waals surface area contributed by atoms with Crippen LogP contribution in [-0.2, 0) is 4.79 Å². The van der Waals surface area contributed by atoms with E-state index in [1.807, 2.05) is 24.5 Å². The molecule has 2 aliphatic heterocycles. The molecule has 2 aromatic carbocycles. The largest absolute Gasteiger partial charge is 0.369 e. The molecule has 0 radical (unpaired) electrons. The highest BCUT2D eigenvalue weighted by atomic mass is 35.5. The van der Waals surface area contributed by atoms with Crippen molar-refractivity contribution in [3.63, 3.8) is 0 Å². The first-order valence-electron chi connectivity index (χ1n) is 10.9. The second-order valence-corrected chi connectivity index (χ2v) is 10.0. The molecule has 3 atom stereocenters. The van der Waals surface area contributed by atoms with Gasteiger partial charge in [-0.3, -0.25) is 9.28 Å². The SMILES string of the molecule is CS[C@H]1C[C@@H](C(N)=O)[N+](CC#N)(c2cc(-c3ccc(N4CCNCC4)cc3)ccc2Cl)C1. The maximum Gasteiger partial charge on any atom is 0.276 e. The number of carbonyl (C=O) groups excluding carboxylic acids is 1. The smallest absolute Gasteiger partial charge is 0.276 e. The third kappa shape index (κ3) is 4.33. The molecule has 0 saturated carbocycles. The first kappa shape index (κ1) is 22.9. The number of thioether (sulfide) groups is 1. The fourth-order valence-corrected chi connectivity index (χ4v) is 6.10. The van der Waals surface area contributed by atoms with Gasteiger partial charge in [-0.1, -0.05) is 29.8 Å². The first-order chi connectivity index (χ1) is 15.5. The van der Waals surface area contributed by atoms with Crippen LogP contribution in [0.15, 0.2) is 42.5 Å². The van der Waals surface area contributed by atoms with E-state index < -0.39 is 6.04 Å². The lowest BCUT2D eigenvalue weighted by Gasteiger charge is -2.37. The number of hydrogen-bond donors (Lipinski definition) is 2. The summed E-state index contributed by atoms with van der Waals surface area (Å²) in [6.07, 6.45) is 2.69. The molecule has 32 heavy (non-hydrogen) atoms. The van der Waals surface area contributed by atoms with Crippen LogP contribution in [0.5, 0.6) is 0 Å². The van der Waals surface area contributed by atoms with Gasteiger partial charge in [0.1, 0.15) is 11.1 Å². The fraction of sp³-hybridized carbons (Fsp3) is 0.417. The van der Waals surface area contributed by atoms with Gasteiger partial charge in [0, 0.05) is 44.4 Å². The van der Waals surface area contributed by atoms with Gasteiger partial charge in [-0.2, -0.15) is 17.0 Å². The third-order valence-corrected chi connectivity index (χ3v) is 8.06. The molecule has 2 saturated heterocycles. The van der Waals surface area contributed by atoms with Gasteiger partial charge in [-0.15, -0.1) is 0 Å². The molecule has 6 nitrogen and oxygen atoms in total. The predicted molar refractivity (Wildman–Crippen MR) is 134 cm³/mol. The third-order valence-electron chi connectivity index (χ3n) is 6.74. The molecule has 0 aliphatic carbocycles. The van der Waals surface area contributed by atoms with Gasteiger partial charge in [-0.05, 0) is 35.6 Å². The van der Waals surface area contributed by atoms with E-state index in [0.29, 0.717) is 18.0 Å². The summed E-state index contributed by atoms with van der Waals surface area (Å²) >= 11 is 8.39. The predicted octanol–water partition coefficient (Wildman–Crippen LogP) is 3.24. The number of nitrogens with zero attached hydrogens (tertiary/aromatic N) is 3. The number of nitrogens with one attached hydrogen (secondary N) is 1. The lowest BCUT2D eigenvalue weighted by atomic mass is 10.0. The summed E-state index contributed by atoms with van der Waals surface area (Å²) in [5.74, 6) is -0.376. The molecule has 0 bridgehead atoms. The molecule has 2 fully saturated rings. The van der Waals surface area contributed by atoms with Gasteiger partial charge >= 0.3 is 0 Å². The Labute approximate surface area is 198 Å². The molecule has 4 rings (SSSR count). The Morgan fingerprint density at radius 1 is 1.25 bits per heavy atom. The van der Waals surface area contributed by atoms with E-state index >= 15 is 0 Å². The molecule has 0 aromatic heterocycles. The number of benzene rings is 2. The average Bonchev–Trinajstić information content (AvgIpc) is 3.20. The van der Waals surface area contributed by atoms with Crippen LogP contribution < -0.4 is 20.4 Å². The van der Waals surface area contributed by atoms with E-state index in [1.54, 1.807) is 11.8 Å². The van der Waals surface area contributed by atoms with E-state index in [0.717, 1.165) is 43.0 Å². The van der Waals surface area contributed by atoms with E-state index in [9.17, 15) is 10.1 Å². The summed E-state index contributed by atoms with van der Waals surface area (Å²) in [5, 5.41) is 13.9. The normalized spacial score (nSPS) is 25.5. The second-order valence-electron chi connectivity index (χ2n) is 8.49. The lowest BCUT2D eigenvalue weighted by molar-refractivity contribution is -0.121. The van der Waals surface area contributed by atoms with Crippen molar-refractivity contribution in [1.29, 1.82) is 5.26 Å². The van der Waals surface area contributed by atoms with Crippen LogP contribution in [0.1, 0.15) is 6.42 Å². The zero-order chi connectivity index (χ0) is 22.7. The Hall–Kier alpha value is -2.24. The molecule has 2 aromatic rings. The molecular formula is C24H29ClN5OS+. The highest BCUT2D eigenvalue weighted by molar-refractivity contribution is 7.99. The van der Waals surface area contributed by atoms with E-state index in [2.05, 4.69) is 40.6 Å². The van der Waals surface area contributed by atoms with Gasteiger partial charge < -0.3 is 16.0 Å². The minimum absolute atomic E-state index is 0.162. The number of nitriles is 1. The van der Waals surface area contributed by atoms with E-state index in [4.69, 9.17) is 17.3 Å². The Morgan fingerprint density at radius 3 is 2.56 bits per heavy atom. The number of nitrogens with two attached hydrogens (primary N) is 1. The van der Waals surface area contributed by atoms with E-state index in [1.165, 1.54) is 5.69 Å². The number of halogens is 1. The Balaban J connectivity index is 1.71. The quantitative estimate of drug-likeness (QED) is 0.500. The van der Waals surface area contributed by atoms with E-state index in [-0.39, 0.29) is 22.2 Å². The minimum atomic E-state index is -0.463. The summed E-state index contributed by atoms with van der Waals surface area (Å²) in [5.41, 5.74) is 9.93. The van der Waals surface area contributed by atoms with Crippen molar-refractivity contribution < 1.29 is 4.79 Å². The molecule has 0 spiro atoms. The number of anilines is 1. The Morgan fingerprint density at radius 2 is 1.94 bits per heavy atom. The average molecular weight is 471 g/mol. The number of primary amides is 1. The van der Waals surface area contributed by atoms with Gasteiger partial charge in [-0.25, -0.2) is 0 Å². The molecule has 1 unspecified atom stereocenters. The summed E-state index contributed by atoms with van der Waals surface area (Å²) in [6.45, 7) is 4.83. The van der Waals surface area contributed by atoms with Gasteiger partial charge in [0.15, 0.2) is 18.3 Å². The van der Waals surface area contributed by atoms with Crippen LogP contribution >= 0.6 is 23.4 Å². The number of carbonyl (C=O) groups is 1. The highest BCUT2D eigenvalue weighted by Gasteiger charge is 2.52. The van der Waals surface area contributed by atoms with Gasteiger partial charge in [0.25, 0.3) is 5.91 Å². The fourth-order valence-electron chi connectivity index (χ4n) is 5.02. The van der Waals surface area contributed by atoms with Crippen molar-refractivity contribution >= 4 is 40.6 Å². The molecule has 1 amide bonds. The second kappa shape index (κ2) is 9.72. The summed E-state index contributed by atoms with van der Waals surface area (Å²) < 4.78 is 0.197. The zero-order valence-electron chi connectivity index (χ0n) is 18.3. The number of likely N-dealkylation sites (tertiary alicyclic amines) is 1. The van der Waals surface area contributed by atoms with Gasteiger partial charge in [0.05, 0.1) is 11.8 Å². The van der Waals surface area contributed by atoms with Crippen LogP contribution in [0.4, 0.5) is 11.4 Å². The minimum Gasteiger partial charge on any atom is -0.369 e. The number of amides is 1. The number of rotatable bonds is 6. The number of hydrogen-bond acceptors (Lipinski definition) is 5. The van der Waals surface area contributed by atoms with Crippen LogP contribution in [0.2, 0.25) is 5.02 Å². The van der Waals surface area contributed by atoms with Crippen LogP contribution in [0, 0.1) is 11.3 Å². The van der Waals surface area contributed by atoms with Crippen molar-refractivity contribution in [3.8, 4) is 17.2 Å². The van der Waals surface area contributed by atoms with Crippen molar-refractivity contribution in [3.05, 3.63) is 47.5 Å². The lowest BCUT2D eigenvalue weighted by Crippen LogP contribution is -2.58. The van der Waals surface area contributed by atoms with Crippen LogP contribution in [-0.4, -0.2) is 62.7 Å². The van der Waals surface area contributed by atoms with Crippen molar-refractivity contribution in [2.75, 3.05) is 50.4 Å². The molecule has 8 heteroatoms. The van der Waals surface area contributed by atoms with Gasteiger partial charge in [0.2, 0.25) is 0 Å². The number of piperazine rings is 1. The monoisotopic (exact) mass is 470 g/mol. The molecule has 168 valence electrons. The number of quaternary nitrogens is 1. The molecule has 3 N–H and O–H groups in total. The van der Waals surface area contributed by atoms with Crippen molar-refractivity contribution in [2.45, 2.75) is 17.7 Å². The highest BCUT2D eigenvalue weighted by Crippen LogP contribution is 2.43. The maximum atomic E-state index is 12.4. The summed E-state index contributed by atoms with van der Waals surface area (Å²) in [6, 6.07) is 16.3. The Bertz CT molecular complexity index is 1020. The zero-order valence-corrected chi connectivity index (χ0v) is 19.8. The first-order valence-corrected chi connectivity index (χ1v) is 12.6. The molecule has 2 heterocycles.